The average Bonchev–Trinajstić information content (AvgIpc) is 2.80. The molecule has 2 rings (SSSR count). The minimum atomic E-state index is -3.71. The normalized spacial score (nSPS) is 11.3. The van der Waals surface area contributed by atoms with Crippen molar-refractivity contribution in [3.63, 3.8) is 0 Å². The summed E-state index contributed by atoms with van der Waals surface area (Å²) in [4.78, 5) is 27.8. The Morgan fingerprint density at radius 1 is 1.14 bits per heavy atom. The van der Waals surface area contributed by atoms with Gasteiger partial charge >= 0.3 is 0 Å². The van der Waals surface area contributed by atoms with Crippen molar-refractivity contribution in [2.24, 2.45) is 0 Å². The van der Waals surface area contributed by atoms with E-state index < -0.39 is 15.9 Å². The molecule has 0 radical (unpaired) electrons. The molecule has 10 nitrogen and oxygen atoms in total. The summed E-state index contributed by atoms with van der Waals surface area (Å²) >= 11 is 0. The molecule has 0 saturated carbocycles. The van der Waals surface area contributed by atoms with Gasteiger partial charge < -0.3 is 19.5 Å². The fourth-order valence-corrected chi connectivity index (χ4v) is 4.12. The summed E-state index contributed by atoms with van der Waals surface area (Å²) in [7, 11) is -2.14. The Kier molecular flexibility index (Phi) is 11.4. The van der Waals surface area contributed by atoms with Crippen molar-refractivity contribution in [2.75, 3.05) is 31.4 Å². The van der Waals surface area contributed by atoms with Gasteiger partial charge in [0.2, 0.25) is 21.8 Å². The number of unbranched alkanes of at least 4 members (excludes halogenated alkanes) is 2. The maximum Gasteiger partial charge on any atom is 0.257 e. The van der Waals surface area contributed by atoms with Gasteiger partial charge in [-0.15, -0.1) is 0 Å². The van der Waals surface area contributed by atoms with E-state index in [0.29, 0.717) is 47.9 Å². The number of carbonyl (C=O) groups excluding carboxylic acids is 2. The Bertz CT molecular complexity index is 1180. The van der Waals surface area contributed by atoms with E-state index in [0.717, 1.165) is 18.9 Å². The molecular formula is C25H33N3O7S. The number of aromatic nitrogens is 1. The van der Waals surface area contributed by atoms with Gasteiger partial charge in [0.15, 0.2) is 0 Å². The van der Waals surface area contributed by atoms with Gasteiger partial charge in [-0.3, -0.25) is 9.59 Å². The van der Waals surface area contributed by atoms with Crippen LogP contribution in [-0.2, 0) is 24.3 Å². The lowest BCUT2D eigenvalue weighted by Crippen LogP contribution is -2.31. The third-order valence-corrected chi connectivity index (χ3v) is 6.12. The van der Waals surface area contributed by atoms with Gasteiger partial charge in [0, 0.05) is 37.3 Å². The number of nitrogens with one attached hydrogen (secondary N) is 2. The molecular weight excluding hydrogens is 486 g/mol. The summed E-state index contributed by atoms with van der Waals surface area (Å²) in [6.45, 7) is 5.87. The maximum absolute atomic E-state index is 12.3. The SMILES string of the molecule is CCCCCS(=O)(=O)NC(=O)C=Cc1ccc(OCCOC)cc1Oc1ncc(NC(C)=O)cc1C. The number of hydrogen-bond donors (Lipinski definition) is 2. The van der Waals surface area contributed by atoms with E-state index >= 15 is 0 Å². The third-order valence-electron chi connectivity index (χ3n) is 4.79. The van der Waals surface area contributed by atoms with Gasteiger partial charge in [0.1, 0.15) is 18.1 Å². The standard InChI is InChI=1S/C25H33N3O7S/c1-5-6-7-14-36(31,32)28-24(30)11-9-20-8-10-22(34-13-12-33-4)16-23(20)35-25-18(2)15-21(17-26-25)27-19(3)29/h8-11,15-17H,5-7,12-14H2,1-4H3,(H,27,29)(H,28,30). The fraction of sp³-hybridized carbons (Fsp3) is 0.400. The second-order valence-electron chi connectivity index (χ2n) is 8.00. The highest BCUT2D eigenvalue weighted by Gasteiger charge is 2.14. The van der Waals surface area contributed by atoms with E-state index in [-0.39, 0.29) is 17.5 Å². The molecule has 2 N–H and O–H groups in total. The van der Waals surface area contributed by atoms with Gasteiger partial charge in [-0.25, -0.2) is 18.1 Å². The molecule has 0 saturated heterocycles. The zero-order valence-electron chi connectivity index (χ0n) is 21.0. The van der Waals surface area contributed by atoms with Crippen LogP contribution in [0.5, 0.6) is 17.4 Å². The molecule has 1 aromatic heterocycles. The van der Waals surface area contributed by atoms with Crippen LogP contribution in [0.4, 0.5) is 5.69 Å². The Labute approximate surface area is 212 Å². The Balaban J connectivity index is 2.25. The first kappa shape index (κ1) is 28.8. The van der Waals surface area contributed by atoms with Crippen LogP contribution in [0.25, 0.3) is 6.08 Å². The minimum absolute atomic E-state index is 0.109. The number of anilines is 1. The molecule has 0 atom stereocenters. The van der Waals surface area contributed by atoms with Gasteiger partial charge in [0.25, 0.3) is 5.91 Å². The Hall–Kier alpha value is -3.44. The van der Waals surface area contributed by atoms with Crippen LogP contribution >= 0.6 is 0 Å². The molecule has 0 aliphatic carbocycles. The average molecular weight is 520 g/mol. The highest BCUT2D eigenvalue weighted by molar-refractivity contribution is 7.90. The van der Waals surface area contributed by atoms with Crippen LogP contribution < -0.4 is 19.5 Å². The van der Waals surface area contributed by atoms with E-state index in [2.05, 4.69) is 15.0 Å². The van der Waals surface area contributed by atoms with Gasteiger partial charge in [-0.05, 0) is 37.6 Å². The summed E-state index contributed by atoms with van der Waals surface area (Å²) in [5.41, 5.74) is 1.69. The highest BCUT2D eigenvalue weighted by Crippen LogP contribution is 2.32. The molecule has 11 heteroatoms. The molecule has 1 aromatic carbocycles. The smallest absolute Gasteiger partial charge is 0.257 e. The van der Waals surface area contributed by atoms with Crippen LogP contribution in [-0.4, -0.2) is 51.3 Å². The number of nitrogens with zero attached hydrogens (tertiary/aromatic N) is 1. The van der Waals surface area contributed by atoms with Crippen molar-refractivity contribution in [3.05, 3.63) is 47.7 Å². The summed E-state index contributed by atoms with van der Waals surface area (Å²) in [5, 5.41) is 2.66. The zero-order chi connectivity index (χ0) is 26.6. The van der Waals surface area contributed by atoms with Gasteiger partial charge in [-0.2, -0.15) is 0 Å². The highest BCUT2D eigenvalue weighted by atomic mass is 32.2. The molecule has 0 fully saturated rings. The van der Waals surface area contributed by atoms with E-state index in [1.807, 2.05) is 6.92 Å². The van der Waals surface area contributed by atoms with Crippen LogP contribution in [0.1, 0.15) is 44.2 Å². The summed E-state index contributed by atoms with van der Waals surface area (Å²) in [6, 6.07) is 6.73. The largest absolute Gasteiger partial charge is 0.491 e. The number of sulfonamides is 1. The first-order valence-electron chi connectivity index (χ1n) is 11.5. The van der Waals surface area contributed by atoms with Gasteiger partial charge in [0.05, 0.1) is 24.2 Å². The molecule has 2 amide bonds. The number of carbonyl (C=O) groups is 2. The van der Waals surface area contributed by atoms with Crippen molar-refractivity contribution >= 4 is 33.6 Å². The van der Waals surface area contributed by atoms with Crippen molar-refractivity contribution in [1.29, 1.82) is 0 Å². The second kappa shape index (κ2) is 14.2. The number of ether oxygens (including phenoxy) is 3. The topological polar surface area (TPSA) is 133 Å². The predicted octanol–water partition coefficient (Wildman–Crippen LogP) is 3.82. The zero-order valence-corrected chi connectivity index (χ0v) is 21.8. The first-order chi connectivity index (χ1) is 17.1. The number of hydrogen-bond acceptors (Lipinski definition) is 8. The van der Waals surface area contributed by atoms with E-state index in [1.54, 1.807) is 38.3 Å². The molecule has 0 bridgehead atoms. The molecule has 196 valence electrons. The number of aryl methyl sites for hydroxylation is 1. The molecule has 0 aliphatic rings. The van der Waals surface area contributed by atoms with Crippen LogP contribution in [0.2, 0.25) is 0 Å². The van der Waals surface area contributed by atoms with Crippen molar-refractivity contribution < 1.29 is 32.2 Å². The van der Waals surface area contributed by atoms with Crippen molar-refractivity contribution in [2.45, 2.75) is 40.0 Å². The van der Waals surface area contributed by atoms with Crippen LogP contribution in [0, 0.1) is 6.92 Å². The Morgan fingerprint density at radius 3 is 2.58 bits per heavy atom. The molecule has 1 heterocycles. The van der Waals surface area contributed by atoms with Gasteiger partial charge in [-0.1, -0.05) is 19.8 Å². The van der Waals surface area contributed by atoms with Crippen LogP contribution in [0.3, 0.4) is 0 Å². The molecule has 0 spiro atoms. The number of rotatable bonds is 14. The van der Waals surface area contributed by atoms with E-state index in [1.165, 1.54) is 19.2 Å². The van der Waals surface area contributed by atoms with Crippen molar-refractivity contribution in [3.8, 4) is 17.4 Å². The first-order valence-corrected chi connectivity index (χ1v) is 13.2. The number of benzene rings is 1. The van der Waals surface area contributed by atoms with E-state index in [4.69, 9.17) is 14.2 Å². The summed E-state index contributed by atoms with van der Waals surface area (Å²) in [6.07, 6.45) is 6.18. The molecule has 36 heavy (non-hydrogen) atoms. The van der Waals surface area contributed by atoms with E-state index in [9.17, 15) is 18.0 Å². The number of amides is 2. The molecule has 0 unspecified atom stereocenters. The van der Waals surface area contributed by atoms with Crippen LogP contribution in [0.15, 0.2) is 36.5 Å². The quantitative estimate of drug-likeness (QED) is 0.284. The molecule has 0 aliphatic heterocycles. The Morgan fingerprint density at radius 2 is 1.92 bits per heavy atom. The summed E-state index contributed by atoms with van der Waals surface area (Å²) < 4.78 is 42.9. The lowest BCUT2D eigenvalue weighted by atomic mass is 10.1. The monoisotopic (exact) mass is 519 g/mol. The van der Waals surface area contributed by atoms with Crippen molar-refractivity contribution in [1.82, 2.24) is 9.71 Å². The lowest BCUT2D eigenvalue weighted by Gasteiger charge is -2.13. The predicted molar refractivity (Wildman–Crippen MR) is 138 cm³/mol. The number of pyridine rings is 1. The fourth-order valence-electron chi connectivity index (χ4n) is 3.06. The maximum atomic E-state index is 12.3. The lowest BCUT2D eigenvalue weighted by molar-refractivity contribution is -0.115. The summed E-state index contributed by atoms with van der Waals surface area (Å²) in [5.74, 6) is 0.0469. The minimum Gasteiger partial charge on any atom is -0.491 e. The second-order valence-corrected chi connectivity index (χ2v) is 9.84. The third kappa shape index (κ3) is 10.0. The number of methoxy groups -OCH3 is 1. The molecule has 2 aromatic rings.